The van der Waals surface area contributed by atoms with Crippen LogP contribution in [0.3, 0.4) is 0 Å². The number of rotatable bonds is 30. The van der Waals surface area contributed by atoms with E-state index >= 15 is 0 Å². The van der Waals surface area contributed by atoms with Crippen LogP contribution in [-0.2, 0) is 37.9 Å². The molecule has 0 N–H and O–H groups in total. The van der Waals surface area contributed by atoms with E-state index < -0.39 is 29.7 Å². The fraction of sp³-hybridized carbons (Fsp3) is 0.585. The van der Waals surface area contributed by atoms with Crippen molar-refractivity contribution < 1.29 is 61.9 Å². The normalized spacial score (nSPS) is 10.9. The fourth-order valence-electron chi connectivity index (χ4n) is 4.71. The molecule has 0 aromatic heterocycles. The molecule has 0 aliphatic rings. The molecule has 0 atom stereocenters. The summed E-state index contributed by atoms with van der Waals surface area (Å²) < 4.78 is 43.3. The number of esters is 4. The van der Waals surface area contributed by atoms with E-state index in [9.17, 15) is 24.0 Å². The summed E-state index contributed by atoms with van der Waals surface area (Å²) in [6.07, 6.45) is 7.30. The van der Waals surface area contributed by atoms with Gasteiger partial charge < -0.3 is 37.9 Å². The molecule has 300 valence electrons. The van der Waals surface area contributed by atoms with Gasteiger partial charge in [-0.25, -0.2) is 19.2 Å². The van der Waals surface area contributed by atoms with Crippen LogP contribution in [0, 0.1) is 0 Å². The molecular formula is C41H58O13. The van der Waals surface area contributed by atoms with Gasteiger partial charge in [-0.15, -0.1) is 0 Å². The molecule has 0 unspecified atom stereocenters. The van der Waals surface area contributed by atoms with Gasteiger partial charge >= 0.3 is 23.9 Å². The van der Waals surface area contributed by atoms with Gasteiger partial charge in [-0.2, -0.15) is 0 Å². The minimum atomic E-state index is -0.850. The van der Waals surface area contributed by atoms with Crippen molar-refractivity contribution in [3.8, 4) is 0 Å². The van der Waals surface area contributed by atoms with Crippen LogP contribution in [0.25, 0.3) is 0 Å². The summed E-state index contributed by atoms with van der Waals surface area (Å²) in [6, 6.07) is 7.84. The lowest BCUT2D eigenvalue weighted by Crippen LogP contribution is -2.19. The summed E-state index contributed by atoms with van der Waals surface area (Å²) in [6.45, 7) is 10.7. The summed E-state index contributed by atoms with van der Waals surface area (Å²) in [5, 5.41) is 0. The Kier molecular flexibility index (Phi) is 24.1. The second-order valence-electron chi connectivity index (χ2n) is 12.3. The molecule has 0 radical (unpaired) electrons. The first-order valence-corrected chi connectivity index (χ1v) is 19.1. The molecule has 2 aromatic carbocycles. The fourth-order valence-corrected chi connectivity index (χ4v) is 4.71. The van der Waals surface area contributed by atoms with Crippen molar-refractivity contribution in [2.45, 2.75) is 79.1 Å². The van der Waals surface area contributed by atoms with Gasteiger partial charge in [-0.1, -0.05) is 65.5 Å². The molecule has 13 nitrogen and oxygen atoms in total. The van der Waals surface area contributed by atoms with Crippen LogP contribution in [0.4, 0.5) is 0 Å². The Hall–Kier alpha value is -4.17. The number of ketones is 1. The van der Waals surface area contributed by atoms with E-state index in [1.165, 1.54) is 36.4 Å². The standard InChI is InChI=1S/C41H58O13/c1-5-9-17-47-21-25-51-38(43)33-15-13-31(29-35(33)40(45)53-27-23-49-19-11-7-3)37(42)32-14-16-34(39(44)52-26-22-48-18-10-6-2)36(30-32)41(46)54-28-24-50-20-12-8-4/h13-16,29-30H,5-12,17-28H2,1-4H3. The molecule has 2 rings (SSSR count). The molecule has 0 saturated carbocycles. The average Bonchev–Trinajstić information content (AvgIpc) is 3.19. The molecule has 0 aliphatic carbocycles. The Bertz CT molecular complexity index is 1330. The van der Waals surface area contributed by atoms with E-state index in [-0.39, 0.29) is 86.2 Å². The van der Waals surface area contributed by atoms with Crippen LogP contribution in [0.2, 0.25) is 0 Å². The lowest BCUT2D eigenvalue weighted by Gasteiger charge is -2.13. The average molecular weight is 759 g/mol. The zero-order chi connectivity index (χ0) is 39.4. The van der Waals surface area contributed by atoms with Crippen molar-refractivity contribution in [2.24, 2.45) is 0 Å². The number of carbonyl (C=O) groups is 5. The Morgan fingerprint density at radius 2 is 0.648 bits per heavy atom. The first-order chi connectivity index (χ1) is 26.3. The van der Waals surface area contributed by atoms with Gasteiger partial charge in [0.25, 0.3) is 0 Å². The maximum atomic E-state index is 13.9. The summed E-state index contributed by atoms with van der Waals surface area (Å²) >= 11 is 0. The molecule has 0 fully saturated rings. The number of carbonyl (C=O) groups excluding carboxylic acids is 5. The third-order valence-corrected chi connectivity index (χ3v) is 7.86. The van der Waals surface area contributed by atoms with Gasteiger partial charge in [0.15, 0.2) is 5.78 Å². The van der Waals surface area contributed by atoms with Crippen LogP contribution in [0.5, 0.6) is 0 Å². The van der Waals surface area contributed by atoms with Gasteiger partial charge in [-0.3, -0.25) is 4.79 Å². The highest BCUT2D eigenvalue weighted by Crippen LogP contribution is 2.21. The van der Waals surface area contributed by atoms with E-state index in [2.05, 4.69) is 0 Å². The lowest BCUT2D eigenvalue weighted by atomic mass is 9.95. The molecule has 0 bridgehead atoms. The summed E-state index contributed by atoms with van der Waals surface area (Å²) in [5.41, 5.74) is -0.531. The minimum absolute atomic E-state index is 0.0174. The largest absolute Gasteiger partial charge is 0.460 e. The Labute approximate surface area is 319 Å². The van der Waals surface area contributed by atoms with Crippen LogP contribution in [0.15, 0.2) is 36.4 Å². The van der Waals surface area contributed by atoms with E-state index in [1.807, 2.05) is 27.7 Å². The predicted octanol–water partition coefficient (Wildman–Crippen LogP) is 6.81. The Balaban J connectivity index is 2.35. The molecule has 0 heterocycles. The third kappa shape index (κ3) is 17.3. The summed E-state index contributed by atoms with van der Waals surface area (Å²) in [4.78, 5) is 66.6. The molecular weight excluding hydrogens is 700 g/mol. The molecule has 54 heavy (non-hydrogen) atoms. The molecule has 0 aliphatic heterocycles. The number of benzene rings is 2. The van der Waals surface area contributed by atoms with Gasteiger partial charge in [0.2, 0.25) is 0 Å². The minimum Gasteiger partial charge on any atom is -0.460 e. The van der Waals surface area contributed by atoms with Crippen molar-refractivity contribution >= 4 is 29.7 Å². The van der Waals surface area contributed by atoms with Crippen LogP contribution in [-0.4, -0.2) is 109 Å². The second kappa shape index (κ2) is 28.3. The van der Waals surface area contributed by atoms with Crippen molar-refractivity contribution in [1.82, 2.24) is 0 Å². The quantitative estimate of drug-likeness (QED) is 0.0354. The molecule has 2 aromatic rings. The van der Waals surface area contributed by atoms with Crippen LogP contribution < -0.4 is 0 Å². The summed E-state index contributed by atoms with van der Waals surface area (Å²) in [7, 11) is 0. The molecule has 0 amide bonds. The maximum absolute atomic E-state index is 13.9. The van der Waals surface area contributed by atoms with Gasteiger partial charge in [0, 0.05) is 37.6 Å². The first kappa shape index (κ1) is 46.0. The smallest absolute Gasteiger partial charge is 0.339 e. The monoisotopic (exact) mass is 758 g/mol. The Morgan fingerprint density at radius 1 is 0.370 bits per heavy atom. The zero-order valence-corrected chi connectivity index (χ0v) is 32.4. The molecule has 0 spiro atoms. The van der Waals surface area contributed by atoms with E-state index in [1.54, 1.807) is 0 Å². The van der Waals surface area contributed by atoms with Crippen molar-refractivity contribution in [3.63, 3.8) is 0 Å². The number of hydrogen-bond donors (Lipinski definition) is 0. The lowest BCUT2D eigenvalue weighted by molar-refractivity contribution is 0.0276. The highest BCUT2D eigenvalue weighted by atomic mass is 16.6. The SMILES string of the molecule is CCCCOCCOC(=O)c1ccc(C(=O)c2ccc(C(=O)OCCOCCCC)c(C(=O)OCCOCCCC)c2)cc1C(=O)OCCOCCCC. The molecule has 13 heteroatoms. The van der Waals surface area contributed by atoms with Gasteiger partial charge in [0.1, 0.15) is 26.4 Å². The maximum Gasteiger partial charge on any atom is 0.339 e. The van der Waals surface area contributed by atoms with Crippen molar-refractivity contribution in [3.05, 3.63) is 69.8 Å². The highest BCUT2D eigenvalue weighted by Gasteiger charge is 2.25. The van der Waals surface area contributed by atoms with Gasteiger partial charge in [-0.05, 0) is 49.9 Å². The van der Waals surface area contributed by atoms with Gasteiger partial charge in [0.05, 0.1) is 48.7 Å². The van der Waals surface area contributed by atoms with Crippen LogP contribution in [0.1, 0.15) is 136 Å². The van der Waals surface area contributed by atoms with Crippen molar-refractivity contribution in [2.75, 3.05) is 79.3 Å². The van der Waals surface area contributed by atoms with E-state index in [0.717, 1.165) is 51.4 Å². The highest BCUT2D eigenvalue weighted by molar-refractivity contribution is 6.13. The second-order valence-corrected chi connectivity index (χ2v) is 12.3. The first-order valence-electron chi connectivity index (χ1n) is 19.1. The Morgan fingerprint density at radius 3 is 0.926 bits per heavy atom. The predicted molar refractivity (Wildman–Crippen MR) is 200 cm³/mol. The summed E-state index contributed by atoms with van der Waals surface area (Å²) in [5.74, 6) is -3.88. The number of ether oxygens (including phenoxy) is 8. The van der Waals surface area contributed by atoms with E-state index in [0.29, 0.717) is 26.4 Å². The third-order valence-electron chi connectivity index (χ3n) is 7.86. The zero-order valence-electron chi connectivity index (χ0n) is 32.4. The van der Waals surface area contributed by atoms with E-state index in [4.69, 9.17) is 37.9 Å². The molecule has 0 saturated heterocycles. The topological polar surface area (TPSA) is 159 Å². The van der Waals surface area contributed by atoms with Crippen molar-refractivity contribution in [1.29, 1.82) is 0 Å². The van der Waals surface area contributed by atoms with Crippen LogP contribution >= 0.6 is 0 Å². The number of hydrogen-bond acceptors (Lipinski definition) is 13. The number of unbranched alkanes of at least 4 members (excludes halogenated alkanes) is 4.